The number of hydrogen-bond acceptors (Lipinski definition) is 6. The predicted octanol–water partition coefficient (Wildman–Crippen LogP) is 2.51. The van der Waals surface area contributed by atoms with Gasteiger partial charge in [-0.15, -0.1) is 5.10 Å². The second kappa shape index (κ2) is 6.83. The first-order chi connectivity index (χ1) is 13.2. The van der Waals surface area contributed by atoms with Crippen molar-refractivity contribution in [2.45, 2.75) is 6.54 Å². The first kappa shape index (κ1) is 16.6. The molecule has 3 heterocycles. The van der Waals surface area contributed by atoms with Crippen LogP contribution in [0.15, 0.2) is 59.4 Å². The molecule has 0 aliphatic carbocycles. The number of hydrogen-bond donors (Lipinski definition) is 2. The molecule has 1 aromatic carbocycles. The van der Waals surface area contributed by atoms with Crippen LogP contribution in [0, 0.1) is 0 Å². The fraction of sp³-hybridized carbons (Fsp3) is 0.105. The van der Waals surface area contributed by atoms with E-state index in [4.69, 9.17) is 14.9 Å². The van der Waals surface area contributed by atoms with Crippen LogP contribution >= 0.6 is 0 Å². The number of methoxy groups -OCH3 is 1. The molecule has 0 fully saturated rings. The number of carbonyl (C=O) groups is 1. The van der Waals surface area contributed by atoms with Crippen LogP contribution < -0.4 is 15.8 Å². The van der Waals surface area contributed by atoms with Gasteiger partial charge in [0, 0.05) is 17.7 Å². The minimum Gasteiger partial charge on any atom is -0.496 e. The molecule has 0 saturated heterocycles. The van der Waals surface area contributed by atoms with Crippen molar-refractivity contribution in [1.29, 1.82) is 0 Å². The number of amides is 1. The molecule has 8 nitrogen and oxygen atoms in total. The second-order valence-corrected chi connectivity index (χ2v) is 5.88. The summed E-state index contributed by atoms with van der Waals surface area (Å²) in [6.45, 7) is 0.334. The van der Waals surface area contributed by atoms with Crippen molar-refractivity contribution >= 4 is 17.4 Å². The lowest BCUT2D eigenvalue weighted by molar-refractivity contribution is 0.0950. The molecule has 3 aromatic heterocycles. The number of para-hydroxylation sites is 1. The first-order valence-electron chi connectivity index (χ1n) is 8.24. The van der Waals surface area contributed by atoms with Crippen molar-refractivity contribution < 1.29 is 13.9 Å². The highest BCUT2D eigenvalue weighted by molar-refractivity contribution is 5.96. The van der Waals surface area contributed by atoms with E-state index in [9.17, 15) is 4.79 Å². The Kier molecular flexibility index (Phi) is 4.21. The van der Waals surface area contributed by atoms with Crippen molar-refractivity contribution in [1.82, 2.24) is 19.9 Å². The van der Waals surface area contributed by atoms with E-state index in [1.807, 2.05) is 24.3 Å². The quantitative estimate of drug-likeness (QED) is 0.564. The van der Waals surface area contributed by atoms with Gasteiger partial charge in [-0.3, -0.25) is 4.79 Å². The molecule has 0 unspecified atom stereocenters. The number of nitrogens with zero attached hydrogens (tertiary/aromatic N) is 3. The summed E-state index contributed by atoms with van der Waals surface area (Å²) in [6.07, 6.45) is 3.09. The van der Waals surface area contributed by atoms with Crippen molar-refractivity contribution in [2.24, 2.45) is 0 Å². The third-order valence-electron chi connectivity index (χ3n) is 4.14. The highest BCUT2D eigenvalue weighted by atomic mass is 16.5. The summed E-state index contributed by atoms with van der Waals surface area (Å²) in [5, 5.41) is 7.21. The van der Waals surface area contributed by atoms with Gasteiger partial charge >= 0.3 is 0 Å². The molecule has 0 aliphatic heterocycles. The topological polar surface area (TPSA) is 108 Å². The van der Waals surface area contributed by atoms with Crippen LogP contribution in [-0.2, 0) is 6.54 Å². The lowest BCUT2D eigenvalue weighted by Gasteiger charge is -2.10. The third-order valence-corrected chi connectivity index (χ3v) is 4.14. The molecule has 0 aliphatic rings. The smallest absolute Gasteiger partial charge is 0.251 e. The SMILES string of the molecule is COc1ccccc1CNC(=O)c1cc(N)n2nc(-c3ccoc3)nc2c1. The fourth-order valence-corrected chi connectivity index (χ4v) is 2.78. The first-order valence-corrected chi connectivity index (χ1v) is 8.24. The number of rotatable bonds is 5. The summed E-state index contributed by atoms with van der Waals surface area (Å²) in [4.78, 5) is 17.0. The van der Waals surface area contributed by atoms with Gasteiger partial charge in [-0.2, -0.15) is 4.52 Å². The van der Waals surface area contributed by atoms with Gasteiger partial charge in [0.2, 0.25) is 0 Å². The average Bonchev–Trinajstić information content (AvgIpc) is 3.35. The van der Waals surface area contributed by atoms with Gasteiger partial charge in [0.25, 0.3) is 5.91 Å². The Bertz CT molecular complexity index is 1100. The summed E-state index contributed by atoms with van der Waals surface area (Å²) in [6, 6.07) is 12.5. The highest BCUT2D eigenvalue weighted by Crippen LogP contribution is 2.20. The fourth-order valence-electron chi connectivity index (χ4n) is 2.78. The Morgan fingerprint density at radius 2 is 2.15 bits per heavy atom. The van der Waals surface area contributed by atoms with Crippen LogP contribution in [0.5, 0.6) is 5.75 Å². The minimum atomic E-state index is -0.261. The molecular weight excluding hydrogens is 346 g/mol. The van der Waals surface area contributed by atoms with Gasteiger partial charge in [0.1, 0.15) is 17.8 Å². The number of fused-ring (bicyclic) bond motifs is 1. The van der Waals surface area contributed by atoms with E-state index in [1.165, 1.54) is 4.52 Å². The van der Waals surface area contributed by atoms with E-state index in [0.29, 0.717) is 29.4 Å². The zero-order valence-corrected chi connectivity index (χ0v) is 14.5. The largest absolute Gasteiger partial charge is 0.496 e. The summed E-state index contributed by atoms with van der Waals surface area (Å²) >= 11 is 0. The van der Waals surface area contributed by atoms with E-state index in [1.54, 1.807) is 37.8 Å². The van der Waals surface area contributed by atoms with Crippen LogP contribution in [0.4, 0.5) is 5.82 Å². The number of aromatic nitrogens is 3. The van der Waals surface area contributed by atoms with Gasteiger partial charge < -0.3 is 20.2 Å². The maximum atomic E-state index is 12.6. The molecule has 8 heteroatoms. The van der Waals surface area contributed by atoms with Crippen molar-refractivity contribution in [2.75, 3.05) is 12.8 Å². The second-order valence-electron chi connectivity index (χ2n) is 5.88. The Hall–Kier alpha value is -3.81. The maximum absolute atomic E-state index is 12.6. The van der Waals surface area contributed by atoms with Crippen LogP contribution in [0.1, 0.15) is 15.9 Å². The molecule has 0 atom stereocenters. The summed E-state index contributed by atoms with van der Waals surface area (Å²) in [5.41, 5.74) is 8.55. The monoisotopic (exact) mass is 363 g/mol. The van der Waals surface area contributed by atoms with Gasteiger partial charge in [-0.05, 0) is 24.3 Å². The number of nitrogens with two attached hydrogens (primary N) is 1. The van der Waals surface area contributed by atoms with Crippen LogP contribution in [-0.4, -0.2) is 27.6 Å². The maximum Gasteiger partial charge on any atom is 0.251 e. The molecule has 0 bridgehead atoms. The Morgan fingerprint density at radius 1 is 1.30 bits per heavy atom. The van der Waals surface area contributed by atoms with E-state index in [2.05, 4.69) is 15.4 Å². The number of nitrogens with one attached hydrogen (secondary N) is 1. The molecule has 27 heavy (non-hydrogen) atoms. The van der Waals surface area contributed by atoms with Crippen LogP contribution in [0.2, 0.25) is 0 Å². The van der Waals surface area contributed by atoms with E-state index in [0.717, 1.165) is 16.9 Å². The molecule has 136 valence electrons. The lowest BCUT2D eigenvalue weighted by atomic mass is 10.2. The molecule has 4 rings (SSSR count). The Balaban J connectivity index is 1.58. The summed E-state index contributed by atoms with van der Waals surface area (Å²) < 4.78 is 11.8. The third kappa shape index (κ3) is 3.20. The summed E-state index contributed by atoms with van der Waals surface area (Å²) in [7, 11) is 1.60. The van der Waals surface area contributed by atoms with E-state index < -0.39 is 0 Å². The van der Waals surface area contributed by atoms with Gasteiger partial charge in [-0.25, -0.2) is 4.98 Å². The van der Waals surface area contributed by atoms with Crippen LogP contribution in [0.25, 0.3) is 17.0 Å². The number of nitrogen functional groups attached to an aromatic ring is 1. The average molecular weight is 363 g/mol. The normalized spacial score (nSPS) is 10.9. The number of anilines is 1. The Labute approximate surface area is 154 Å². The zero-order chi connectivity index (χ0) is 18.8. The van der Waals surface area contributed by atoms with Crippen molar-refractivity contribution in [3.63, 3.8) is 0 Å². The number of ether oxygens (including phenoxy) is 1. The molecule has 0 spiro atoms. The lowest BCUT2D eigenvalue weighted by Crippen LogP contribution is -2.23. The van der Waals surface area contributed by atoms with E-state index in [-0.39, 0.29) is 5.91 Å². The number of pyridine rings is 1. The van der Waals surface area contributed by atoms with Gasteiger partial charge in [0.15, 0.2) is 11.5 Å². The highest BCUT2D eigenvalue weighted by Gasteiger charge is 2.14. The Morgan fingerprint density at radius 3 is 2.93 bits per heavy atom. The molecule has 4 aromatic rings. The molecule has 0 radical (unpaired) electrons. The number of furan rings is 1. The van der Waals surface area contributed by atoms with Gasteiger partial charge in [-0.1, -0.05) is 18.2 Å². The molecule has 1 amide bonds. The molecular formula is C19H17N5O3. The molecule has 0 saturated carbocycles. The zero-order valence-electron chi connectivity index (χ0n) is 14.5. The van der Waals surface area contributed by atoms with E-state index >= 15 is 0 Å². The van der Waals surface area contributed by atoms with Crippen molar-refractivity contribution in [3.8, 4) is 17.1 Å². The standard InChI is InChI=1S/C19H17N5O3/c1-26-15-5-3-2-4-12(15)10-21-19(25)14-8-16(20)24-17(9-14)22-18(23-24)13-6-7-27-11-13/h2-9,11H,10,20H2,1H3,(H,21,25). The number of benzene rings is 1. The molecule has 3 N–H and O–H groups in total. The minimum absolute atomic E-state index is 0.261. The van der Waals surface area contributed by atoms with Crippen molar-refractivity contribution in [3.05, 3.63) is 66.1 Å². The van der Waals surface area contributed by atoms with Gasteiger partial charge in [0.05, 0.1) is 18.9 Å². The van der Waals surface area contributed by atoms with Crippen LogP contribution in [0.3, 0.4) is 0 Å². The summed E-state index contributed by atoms with van der Waals surface area (Å²) in [5.74, 6) is 1.25. The number of carbonyl (C=O) groups excluding carboxylic acids is 1. The predicted molar refractivity (Wildman–Crippen MR) is 99.3 cm³/mol.